The molecule has 1 aliphatic carbocycles. The third kappa shape index (κ3) is 7.27. The van der Waals surface area contributed by atoms with Crippen molar-refractivity contribution >= 4 is 40.2 Å². The molecule has 1 aromatic carbocycles. The van der Waals surface area contributed by atoms with Crippen molar-refractivity contribution in [1.29, 1.82) is 0 Å². The number of aromatic nitrogens is 1. The minimum Gasteiger partial charge on any atom is -0.497 e. The molecule has 8 heteroatoms. The minimum absolute atomic E-state index is 0.160. The van der Waals surface area contributed by atoms with E-state index >= 15 is 0 Å². The highest BCUT2D eigenvalue weighted by Gasteiger charge is 2.31. The van der Waals surface area contributed by atoms with Crippen LogP contribution >= 0.6 is 23.4 Å². The van der Waals surface area contributed by atoms with Crippen molar-refractivity contribution in [3.8, 4) is 5.75 Å². The summed E-state index contributed by atoms with van der Waals surface area (Å²) in [6.45, 7) is 2.97. The van der Waals surface area contributed by atoms with Crippen molar-refractivity contribution in [3.63, 3.8) is 0 Å². The lowest BCUT2D eigenvalue weighted by Gasteiger charge is -2.38. The number of aliphatic carboxylic acids is 1. The molecule has 2 fully saturated rings. The molecule has 1 aromatic heterocycles. The van der Waals surface area contributed by atoms with E-state index in [-0.39, 0.29) is 18.4 Å². The number of rotatable bonds is 11. The van der Waals surface area contributed by atoms with Crippen molar-refractivity contribution in [2.75, 3.05) is 32.5 Å². The number of carbonyl (C=O) groups is 1. The Hall–Kier alpha value is -1.54. The Morgan fingerprint density at radius 3 is 2.83 bits per heavy atom. The van der Waals surface area contributed by atoms with Crippen molar-refractivity contribution in [2.24, 2.45) is 17.6 Å². The SMILES string of the molecule is COc1ccc2ncc(Cl)c([C@@H](N)CC[C@@H]3CCN(CCSC4CCCCC4)C[C@H]3CC(=O)O)c2c1. The zero-order valence-electron chi connectivity index (χ0n) is 21.3. The first-order valence-electron chi connectivity index (χ1n) is 13.4. The van der Waals surface area contributed by atoms with E-state index in [2.05, 4.69) is 21.6 Å². The quantitative estimate of drug-likeness (QED) is 0.357. The van der Waals surface area contributed by atoms with E-state index < -0.39 is 5.97 Å². The number of methoxy groups -OCH3 is 1. The minimum atomic E-state index is -0.706. The van der Waals surface area contributed by atoms with Crippen molar-refractivity contribution in [3.05, 3.63) is 35.0 Å². The highest BCUT2D eigenvalue weighted by atomic mass is 35.5. The Kier molecular flexibility index (Phi) is 10.2. The van der Waals surface area contributed by atoms with E-state index in [1.165, 1.54) is 32.1 Å². The number of carboxylic acids is 1. The highest BCUT2D eigenvalue weighted by molar-refractivity contribution is 7.99. The van der Waals surface area contributed by atoms with Gasteiger partial charge in [0.15, 0.2) is 0 Å². The molecule has 0 spiro atoms. The number of likely N-dealkylation sites (tertiary alicyclic amines) is 1. The fourth-order valence-corrected chi connectivity index (χ4v) is 7.64. The second-order valence-corrected chi connectivity index (χ2v) is 12.2. The molecule has 1 aliphatic heterocycles. The van der Waals surface area contributed by atoms with Gasteiger partial charge < -0.3 is 20.5 Å². The topological polar surface area (TPSA) is 88.7 Å². The lowest BCUT2D eigenvalue weighted by Crippen LogP contribution is -2.42. The summed E-state index contributed by atoms with van der Waals surface area (Å²) >= 11 is 8.69. The summed E-state index contributed by atoms with van der Waals surface area (Å²) in [4.78, 5) is 18.6. The Morgan fingerprint density at radius 2 is 2.08 bits per heavy atom. The van der Waals surface area contributed by atoms with Crippen LogP contribution in [0.4, 0.5) is 0 Å². The molecule has 0 amide bonds. The van der Waals surface area contributed by atoms with Gasteiger partial charge in [0.1, 0.15) is 5.75 Å². The summed E-state index contributed by atoms with van der Waals surface area (Å²) in [5, 5.41) is 11.9. The van der Waals surface area contributed by atoms with Crippen LogP contribution in [-0.4, -0.2) is 58.7 Å². The predicted molar refractivity (Wildman–Crippen MR) is 149 cm³/mol. The smallest absolute Gasteiger partial charge is 0.303 e. The number of benzene rings is 1. The lowest BCUT2D eigenvalue weighted by molar-refractivity contribution is -0.139. The van der Waals surface area contributed by atoms with Gasteiger partial charge in [-0.05, 0) is 74.2 Å². The maximum atomic E-state index is 11.7. The summed E-state index contributed by atoms with van der Waals surface area (Å²) in [5.41, 5.74) is 8.44. The molecule has 0 radical (unpaired) electrons. The van der Waals surface area contributed by atoms with Crippen molar-refractivity contribution in [2.45, 2.75) is 69.1 Å². The van der Waals surface area contributed by atoms with Crippen LogP contribution in [0, 0.1) is 11.8 Å². The Labute approximate surface area is 224 Å². The maximum absolute atomic E-state index is 11.7. The van der Waals surface area contributed by atoms with Crippen LogP contribution in [0.15, 0.2) is 24.4 Å². The Bertz CT molecular complexity index is 1020. The van der Waals surface area contributed by atoms with Crippen molar-refractivity contribution in [1.82, 2.24) is 9.88 Å². The number of hydrogen-bond acceptors (Lipinski definition) is 6. The number of carboxylic acid groups (broad SMARTS) is 1. The normalized spacial score (nSPS) is 22.5. The third-order valence-electron chi connectivity index (χ3n) is 8.01. The molecule has 3 N–H and O–H groups in total. The van der Waals surface area contributed by atoms with E-state index in [1.807, 2.05) is 18.2 Å². The first-order valence-corrected chi connectivity index (χ1v) is 14.8. The van der Waals surface area contributed by atoms with E-state index in [1.54, 1.807) is 13.3 Å². The summed E-state index contributed by atoms with van der Waals surface area (Å²) in [6, 6.07) is 5.51. The van der Waals surface area contributed by atoms with Gasteiger partial charge in [-0.2, -0.15) is 11.8 Å². The van der Waals surface area contributed by atoms with Gasteiger partial charge in [0, 0.05) is 48.1 Å². The second-order valence-electron chi connectivity index (χ2n) is 10.4. The number of nitrogens with zero attached hydrogens (tertiary/aromatic N) is 2. The summed E-state index contributed by atoms with van der Waals surface area (Å²) in [5.74, 6) is 1.71. The van der Waals surface area contributed by atoms with Gasteiger partial charge in [0.2, 0.25) is 0 Å². The molecule has 2 aliphatic rings. The number of nitrogens with two attached hydrogens (primary N) is 1. The van der Waals surface area contributed by atoms with Crippen LogP contribution in [0.2, 0.25) is 5.02 Å². The zero-order chi connectivity index (χ0) is 25.5. The number of halogens is 1. The van der Waals surface area contributed by atoms with E-state index in [0.29, 0.717) is 10.9 Å². The van der Waals surface area contributed by atoms with Gasteiger partial charge in [-0.3, -0.25) is 9.78 Å². The largest absolute Gasteiger partial charge is 0.497 e. The van der Waals surface area contributed by atoms with Crippen LogP contribution in [0.5, 0.6) is 5.75 Å². The van der Waals surface area contributed by atoms with Gasteiger partial charge in [-0.15, -0.1) is 0 Å². The average molecular weight is 534 g/mol. The fourth-order valence-electron chi connectivity index (χ4n) is 5.98. The molecule has 2 heterocycles. The molecule has 6 nitrogen and oxygen atoms in total. The zero-order valence-corrected chi connectivity index (χ0v) is 22.9. The molecule has 1 saturated carbocycles. The van der Waals surface area contributed by atoms with E-state index in [0.717, 1.165) is 72.1 Å². The number of piperidine rings is 1. The molecule has 2 aromatic rings. The van der Waals surface area contributed by atoms with Crippen LogP contribution < -0.4 is 10.5 Å². The second kappa shape index (κ2) is 13.3. The number of hydrogen-bond donors (Lipinski definition) is 2. The summed E-state index contributed by atoms with van der Waals surface area (Å²) < 4.78 is 5.40. The lowest BCUT2D eigenvalue weighted by atomic mass is 9.79. The maximum Gasteiger partial charge on any atom is 0.303 e. The van der Waals surface area contributed by atoms with Gasteiger partial charge in [-0.25, -0.2) is 0 Å². The Morgan fingerprint density at radius 1 is 1.28 bits per heavy atom. The molecule has 36 heavy (non-hydrogen) atoms. The summed E-state index contributed by atoms with van der Waals surface area (Å²) in [6.07, 6.45) is 11.4. The fraction of sp³-hybridized carbons (Fsp3) is 0.643. The van der Waals surface area contributed by atoms with Gasteiger partial charge >= 0.3 is 5.97 Å². The van der Waals surface area contributed by atoms with Crippen LogP contribution in [0.25, 0.3) is 10.9 Å². The number of pyridine rings is 1. The standard InChI is InChI=1S/C28H40ClN3O3S/c1-35-21-8-10-26-23(16-21)28(24(29)17-31-26)25(30)9-7-19-11-12-32(18-20(19)15-27(33)34)13-14-36-22-5-3-2-4-6-22/h8,10,16-17,19-20,22,25H,2-7,9,11-15,18,30H2,1H3,(H,33,34)/t19-,20-,25+/m1/s1. The molecule has 0 unspecified atom stereocenters. The number of ether oxygens (including phenoxy) is 1. The van der Waals surface area contributed by atoms with Crippen LogP contribution in [0.1, 0.15) is 69.4 Å². The molecule has 198 valence electrons. The van der Waals surface area contributed by atoms with E-state index in [4.69, 9.17) is 22.1 Å². The van der Waals surface area contributed by atoms with Crippen molar-refractivity contribution < 1.29 is 14.6 Å². The molecular formula is C28H40ClN3O3S. The predicted octanol–water partition coefficient (Wildman–Crippen LogP) is 6.16. The molecule has 4 rings (SSSR count). The van der Waals surface area contributed by atoms with Crippen LogP contribution in [0.3, 0.4) is 0 Å². The molecular weight excluding hydrogens is 494 g/mol. The van der Waals surface area contributed by atoms with Gasteiger partial charge in [-0.1, -0.05) is 30.9 Å². The first-order chi connectivity index (χ1) is 17.4. The summed E-state index contributed by atoms with van der Waals surface area (Å²) in [7, 11) is 1.64. The Balaban J connectivity index is 1.35. The first kappa shape index (κ1) is 27.5. The van der Waals surface area contributed by atoms with Gasteiger partial charge in [0.25, 0.3) is 0 Å². The highest BCUT2D eigenvalue weighted by Crippen LogP contribution is 2.37. The monoisotopic (exact) mass is 533 g/mol. The number of fused-ring (bicyclic) bond motifs is 1. The average Bonchev–Trinajstić information content (AvgIpc) is 2.88. The number of thioether (sulfide) groups is 1. The molecule has 1 saturated heterocycles. The molecule has 3 atom stereocenters. The third-order valence-corrected chi connectivity index (χ3v) is 9.68. The van der Waals surface area contributed by atoms with Crippen LogP contribution in [-0.2, 0) is 4.79 Å². The molecule has 0 bridgehead atoms. The van der Waals surface area contributed by atoms with Gasteiger partial charge in [0.05, 0.1) is 17.6 Å². The van der Waals surface area contributed by atoms with E-state index in [9.17, 15) is 9.90 Å².